The van der Waals surface area contributed by atoms with Crippen LogP contribution in [0.3, 0.4) is 0 Å². The summed E-state index contributed by atoms with van der Waals surface area (Å²) < 4.78 is 0. The van der Waals surface area contributed by atoms with Crippen LogP contribution in [0.15, 0.2) is 18.2 Å². The number of amides is 1. The molecule has 0 radical (unpaired) electrons. The Morgan fingerprint density at radius 3 is 2.55 bits per heavy atom. The zero-order valence-corrected chi connectivity index (χ0v) is 13.5. The zero-order chi connectivity index (χ0) is 15.3. The van der Waals surface area contributed by atoms with Gasteiger partial charge in [0.1, 0.15) is 4.99 Å². The van der Waals surface area contributed by atoms with Crippen molar-refractivity contribution in [3.63, 3.8) is 0 Å². The molecule has 4 N–H and O–H groups in total. The Hall–Kier alpha value is -1.33. The van der Waals surface area contributed by atoms with Gasteiger partial charge in [-0.2, -0.15) is 0 Å². The first-order chi connectivity index (χ1) is 9.19. The molecule has 0 saturated carbocycles. The number of nitrogens with two attached hydrogens (primary N) is 1. The van der Waals surface area contributed by atoms with Crippen molar-refractivity contribution >= 4 is 40.4 Å². The second-order valence-electron chi connectivity index (χ2n) is 5.53. The number of nitrogens with one attached hydrogen (secondary N) is 2. The molecule has 0 fully saturated rings. The van der Waals surface area contributed by atoms with Crippen LogP contribution in [0, 0.1) is 0 Å². The van der Waals surface area contributed by atoms with Crippen LogP contribution in [0.1, 0.15) is 32.8 Å². The van der Waals surface area contributed by atoms with E-state index in [0.29, 0.717) is 23.6 Å². The SMILES string of the molecule is CC(C)(C)NC(=O)CCNc1ccc(C(N)=S)c(Cl)c1. The summed E-state index contributed by atoms with van der Waals surface area (Å²) in [6.45, 7) is 6.39. The largest absolute Gasteiger partial charge is 0.389 e. The van der Waals surface area contributed by atoms with Crippen LogP contribution < -0.4 is 16.4 Å². The molecule has 20 heavy (non-hydrogen) atoms. The molecule has 1 aromatic rings. The van der Waals surface area contributed by atoms with E-state index in [4.69, 9.17) is 29.6 Å². The Labute approximate surface area is 130 Å². The van der Waals surface area contributed by atoms with E-state index in [1.165, 1.54) is 0 Å². The third-order valence-corrected chi connectivity index (χ3v) is 2.96. The summed E-state index contributed by atoms with van der Waals surface area (Å²) in [5.41, 5.74) is 6.81. The van der Waals surface area contributed by atoms with Crippen molar-refractivity contribution in [3.05, 3.63) is 28.8 Å². The van der Waals surface area contributed by atoms with E-state index in [-0.39, 0.29) is 16.4 Å². The minimum absolute atomic E-state index is 0.0100. The van der Waals surface area contributed by atoms with Gasteiger partial charge in [0.25, 0.3) is 0 Å². The van der Waals surface area contributed by atoms with Gasteiger partial charge in [-0.15, -0.1) is 0 Å². The summed E-state index contributed by atoms with van der Waals surface area (Å²) in [4.78, 5) is 11.9. The van der Waals surface area contributed by atoms with Crippen molar-refractivity contribution in [2.24, 2.45) is 5.73 Å². The normalized spacial score (nSPS) is 11.0. The number of benzene rings is 1. The second kappa shape index (κ2) is 6.90. The highest BCUT2D eigenvalue weighted by Crippen LogP contribution is 2.20. The van der Waals surface area contributed by atoms with Crippen LogP contribution in [0.5, 0.6) is 0 Å². The molecule has 1 aromatic carbocycles. The standard InChI is InChI=1S/C14H20ClN3OS/c1-14(2,3)18-12(19)6-7-17-9-4-5-10(13(16)20)11(15)8-9/h4-5,8,17H,6-7H2,1-3H3,(H2,16,20)(H,18,19). The third kappa shape index (κ3) is 5.75. The van der Waals surface area contributed by atoms with Gasteiger partial charge in [-0.3, -0.25) is 4.79 Å². The number of anilines is 1. The zero-order valence-electron chi connectivity index (χ0n) is 11.9. The van der Waals surface area contributed by atoms with E-state index >= 15 is 0 Å². The smallest absolute Gasteiger partial charge is 0.222 e. The minimum Gasteiger partial charge on any atom is -0.389 e. The number of halogens is 1. The monoisotopic (exact) mass is 313 g/mol. The van der Waals surface area contributed by atoms with E-state index in [1.54, 1.807) is 12.1 Å². The van der Waals surface area contributed by atoms with Gasteiger partial charge >= 0.3 is 0 Å². The Bertz CT molecular complexity index is 512. The van der Waals surface area contributed by atoms with E-state index in [2.05, 4.69) is 10.6 Å². The molecule has 110 valence electrons. The third-order valence-electron chi connectivity index (χ3n) is 2.43. The average molecular weight is 314 g/mol. The number of thiocarbonyl (C=S) groups is 1. The lowest BCUT2D eigenvalue weighted by Gasteiger charge is -2.20. The van der Waals surface area contributed by atoms with Crippen molar-refractivity contribution in [1.82, 2.24) is 5.32 Å². The minimum atomic E-state index is -0.209. The van der Waals surface area contributed by atoms with Gasteiger partial charge in [-0.1, -0.05) is 23.8 Å². The second-order valence-corrected chi connectivity index (χ2v) is 6.38. The van der Waals surface area contributed by atoms with Crippen molar-refractivity contribution in [1.29, 1.82) is 0 Å². The predicted molar refractivity (Wildman–Crippen MR) is 88.3 cm³/mol. The molecular formula is C14H20ClN3OS. The molecule has 0 saturated heterocycles. The van der Waals surface area contributed by atoms with Gasteiger partial charge in [0, 0.05) is 29.8 Å². The maximum atomic E-state index is 11.6. The van der Waals surface area contributed by atoms with Crippen molar-refractivity contribution < 1.29 is 4.79 Å². The van der Waals surface area contributed by atoms with Gasteiger partial charge < -0.3 is 16.4 Å². The summed E-state index contributed by atoms with van der Waals surface area (Å²) in [7, 11) is 0. The van der Waals surface area contributed by atoms with Crippen LogP contribution in [-0.4, -0.2) is 23.0 Å². The molecule has 0 bridgehead atoms. The molecular weight excluding hydrogens is 294 g/mol. The topological polar surface area (TPSA) is 67.2 Å². The molecule has 0 atom stereocenters. The molecule has 0 aliphatic carbocycles. The van der Waals surface area contributed by atoms with Gasteiger partial charge in [-0.05, 0) is 39.0 Å². The van der Waals surface area contributed by atoms with Gasteiger partial charge in [0.05, 0.1) is 5.02 Å². The fraction of sp³-hybridized carbons (Fsp3) is 0.429. The Kier molecular flexibility index (Phi) is 5.77. The van der Waals surface area contributed by atoms with Gasteiger partial charge in [-0.25, -0.2) is 0 Å². The fourth-order valence-electron chi connectivity index (χ4n) is 1.63. The molecule has 1 amide bonds. The Balaban J connectivity index is 2.49. The molecule has 0 aliphatic rings. The number of hydrogen-bond donors (Lipinski definition) is 3. The van der Waals surface area contributed by atoms with Crippen LogP contribution in [0.25, 0.3) is 0 Å². The first-order valence-electron chi connectivity index (χ1n) is 6.33. The number of carbonyl (C=O) groups is 1. The lowest BCUT2D eigenvalue weighted by atomic mass is 10.1. The Morgan fingerprint density at radius 1 is 1.40 bits per heavy atom. The summed E-state index contributed by atoms with van der Waals surface area (Å²) in [5.74, 6) is 0.0100. The first-order valence-corrected chi connectivity index (χ1v) is 7.12. The molecule has 0 unspecified atom stereocenters. The van der Waals surface area contributed by atoms with E-state index < -0.39 is 0 Å². The molecule has 0 aliphatic heterocycles. The van der Waals surface area contributed by atoms with E-state index in [0.717, 1.165) is 5.69 Å². The highest BCUT2D eigenvalue weighted by molar-refractivity contribution is 7.80. The molecule has 1 rings (SSSR count). The predicted octanol–water partition coefficient (Wildman–Crippen LogP) is 2.69. The highest BCUT2D eigenvalue weighted by atomic mass is 35.5. The Morgan fingerprint density at radius 2 is 2.05 bits per heavy atom. The van der Waals surface area contributed by atoms with Gasteiger partial charge in [0.15, 0.2) is 0 Å². The fourth-order valence-corrected chi connectivity index (χ4v) is 2.14. The first kappa shape index (κ1) is 16.7. The highest BCUT2D eigenvalue weighted by Gasteiger charge is 2.13. The number of hydrogen-bond acceptors (Lipinski definition) is 3. The maximum Gasteiger partial charge on any atom is 0.222 e. The summed E-state index contributed by atoms with van der Waals surface area (Å²) in [6, 6.07) is 5.35. The quantitative estimate of drug-likeness (QED) is 0.731. The number of rotatable bonds is 5. The number of carbonyl (C=O) groups excluding carboxylic acids is 1. The van der Waals surface area contributed by atoms with Crippen LogP contribution in [0.2, 0.25) is 5.02 Å². The lowest BCUT2D eigenvalue weighted by Crippen LogP contribution is -2.41. The molecule has 0 heterocycles. The van der Waals surface area contributed by atoms with Crippen LogP contribution in [0.4, 0.5) is 5.69 Å². The van der Waals surface area contributed by atoms with E-state index in [9.17, 15) is 4.79 Å². The molecule has 6 heteroatoms. The molecule has 0 spiro atoms. The molecule has 4 nitrogen and oxygen atoms in total. The summed E-state index contributed by atoms with van der Waals surface area (Å²) in [5, 5.41) is 6.54. The van der Waals surface area contributed by atoms with Crippen molar-refractivity contribution in [3.8, 4) is 0 Å². The lowest BCUT2D eigenvalue weighted by molar-refractivity contribution is -0.122. The maximum absolute atomic E-state index is 11.6. The summed E-state index contributed by atoms with van der Waals surface area (Å²) >= 11 is 11.0. The van der Waals surface area contributed by atoms with Crippen LogP contribution in [-0.2, 0) is 4.79 Å². The average Bonchev–Trinajstić information content (AvgIpc) is 2.25. The van der Waals surface area contributed by atoms with Crippen molar-refractivity contribution in [2.75, 3.05) is 11.9 Å². The van der Waals surface area contributed by atoms with Gasteiger partial charge in [0.2, 0.25) is 5.91 Å². The molecule has 0 aromatic heterocycles. The van der Waals surface area contributed by atoms with Crippen molar-refractivity contribution in [2.45, 2.75) is 32.7 Å². The summed E-state index contributed by atoms with van der Waals surface area (Å²) in [6.07, 6.45) is 0.395. The van der Waals surface area contributed by atoms with Crippen LogP contribution >= 0.6 is 23.8 Å². The van der Waals surface area contributed by atoms with E-state index in [1.807, 2.05) is 26.8 Å².